The van der Waals surface area contributed by atoms with E-state index in [4.69, 9.17) is 0 Å². The highest BCUT2D eigenvalue weighted by Crippen LogP contribution is 2.18. The van der Waals surface area contributed by atoms with Crippen LogP contribution >= 0.6 is 0 Å². The van der Waals surface area contributed by atoms with Gasteiger partial charge in [-0.3, -0.25) is 20.0 Å². The number of carbonyl (C=O) groups excluding carboxylic acids is 1. The van der Waals surface area contributed by atoms with Crippen molar-refractivity contribution in [3.05, 3.63) is 81.5 Å². The molecule has 25 heavy (non-hydrogen) atoms. The second-order valence-corrected chi connectivity index (χ2v) is 5.64. The van der Waals surface area contributed by atoms with Crippen LogP contribution < -0.4 is 5.32 Å². The Hall–Kier alpha value is -3.48. The smallest absolute Gasteiger partial charge is 0.269 e. The van der Waals surface area contributed by atoms with Gasteiger partial charge in [0.2, 0.25) is 0 Å². The van der Waals surface area contributed by atoms with Crippen molar-refractivity contribution in [2.24, 2.45) is 0 Å². The zero-order valence-corrected chi connectivity index (χ0v) is 13.5. The third kappa shape index (κ3) is 3.89. The largest absolute Gasteiger partial charge is 0.347 e. The second kappa shape index (κ2) is 6.96. The first-order valence-corrected chi connectivity index (χ1v) is 7.67. The summed E-state index contributed by atoms with van der Waals surface area (Å²) in [4.78, 5) is 22.5. The van der Waals surface area contributed by atoms with Crippen LogP contribution in [0.3, 0.4) is 0 Å². The first-order valence-electron chi connectivity index (χ1n) is 7.67. The predicted molar refractivity (Wildman–Crippen MR) is 93.0 cm³/mol. The lowest BCUT2D eigenvalue weighted by atomic mass is 10.1. The van der Waals surface area contributed by atoms with E-state index in [2.05, 4.69) is 15.5 Å². The van der Waals surface area contributed by atoms with Crippen molar-refractivity contribution in [2.75, 3.05) is 0 Å². The van der Waals surface area contributed by atoms with Gasteiger partial charge in [0.15, 0.2) is 0 Å². The number of H-pyrrole nitrogens is 1. The SMILES string of the molecule is Cc1ccc(-c2cc(C(=O)NCc3cccc([N+](=O)[O-])c3)[nH]n2)cc1. The average molecular weight is 336 g/mol. The highest BCUT2D eigenvalue weighted by atomic mass is 16.6. The summed E-state index contributed by atoms with van der Waals surface area (Å²) < 4.78 is 0. The minimum absolute atomic E-state index is 0.00468. The first-order chi connectivity index (χ1) is 12.0. The van der Waals surface area contributed by atoms with Crippen LogP contribution in [0.15, 0.2) is 54.6 Å². The van der Waals surface area contributed by atoms with Crippen LogP contribution in [0.2, 0.25) is 0 Å². The number of non-ortho nitro benzene ring substituents is 1. The van der Waals surface area contributed by atoms with E-state index < -0.39 is 4.92 Å². The quantitative estimate of drug-likeness (QED) is 0.552. The number of hydrogen-bond donors (Lipinski definition) is 2. The topological polar surface area (TPSA) is 101 Å². The molecule has 0 bridgehead atoms. The van der Waals surface area contributed by atoms with Crippen LogP contribution in [0.5, 0.6) is 0 Å². The lowest BCUT2D eigenvalue weighted by Gasteiger charge is -2.03. The molecule has 1 heterocycles. The van der Waals surface area contributed by atoms with Crippen molar-refractivity contribution in [2.45, 2.75) is 13.5 Å². The molecule has 7 nitrogen and oxygen atoms in total. The zero-order chi connectivity index (χ0) is 17.8. The molecule has 0 radical (unpaired) electrons. The van der Waals surface area contributed by atoms with Gasteiger partial charge in [0, 0.05) is 24.2 Å². The van der Waals surface area contributed by atoms with Crippen molar-refractivity contribution >= 4 is 11.6 Å². The summed E-state index contributed by atoms with van der Waals surface area (Å²) in [6.45, 7) is 2.19. The van der Waals surface area contributed by atoms with Crippen molar-refractivity contribution in [1.82, 2.24) is 15.5 Å². The molecule has 0 aliphatic heterocycles. The molecule has 2 N–H and O–H groups in total. The van der Waals surface area contributed by atoms with Crippen molar-refractivity contribution in [3.63, 3.8) is 0 Å². The Morgan fingerprint density at radius 1 is 1.20 bits per heavy atom. The Morgan fingerprint density at radius 2 is 1.96 bits per heavy atom. The number of hydrogen-bond acceptors (Lipinski definition) is 4. The number of nitrogens with zero attached hydrogens (tertiary/aromatic N) is 2. The summed E-state index contributed by atoms with van der Waals surface area (Å²) in [5.41, 5.74) is 3.73. The van der Waals surface area contributed by atoms with Crippen LogP contribution in [0, 0.1) is 17.0 Å². The van der Waals surface area contributed by atoms with Gasteiger partial charge in [-0.25, -0.2) is 0 Å². The summed E-state index contributed by atoms with van der Waals surface area (Å²) in [5.74, 6) is -0.322. The summed E-state index contributed by atoms with van der Waals surface area (Å²) >= 11 is 0. The standard InChI is InChI=1S/C18H16N4O3/c1-12-5-7-14(8-6-12)16-10-17(21-20-16)18(23)19-11-13-3-2-4-15(9-13)22(24)25/h2-10H,11H2,1H3,(H,19,23)(H,20,21). The number of carbonyl (C=O) groups is 1. The van der Waals surface area contributed by atoms with E-state index in [-0.39, 0.29) is 18.1 Å². The number of aromatic amines is 1. The Labute approximate surface area is 143 Å². The minimum atomic E-state index is -0.464. The Balaban J connectivity index is 1.67. The number of amides is 1. The van der Waals surface area contributed by atoms with Crippen LogP contribution in [0.25, 0.3) is 11.3 Å². The van der Waals surface area contributed by atoms with Crippen LogP contribution in [-0.4, -0.2) is 21.0 Å². The first kappa shape index (κ1) is 16.4. The van der Waals surface area contributed by atoms with Crippen molar-refractivity contribution in [1.29, 1.82) is 0 Å². The van der Waals surface area contributed by atoms with E-state index in [1.807, 2.05) is 31.2 Å². The van der Waals surface area contributed by atoms with Gasteiger partial charge in [0.25, 0.3) is 11.6 Å². The number of aryl methyl sites for hydroxylation is 1. The molecule has 0 unspecified atom stereocenters. The molecular formula is C18H16N4O3. The molecule has 3 aromatic rings. The van der Waals surface area contributed by atoms with Gasteiger partial charge < -0.3 is 5.32 Å². The van der Waals surface area contributed by atoms with Crippen LogP contribution in [0.1, 0.15) is 21.6 Å². The fraction of sp³-hybridized carbons (Fsp3) is 0.111. The molecule has 0 aliphatic rings. The molecule has 0 saturated heterocycles. The normalized spacial score (nSPS) is 10.4. The monoisotopic (exact) mass is 336 g/mol. The summed E-state index contributed by atoms with van der Waals surface area (Å²) in [5, 5.41) is 20.4. The highest BCUT2D eigenvalue weighted by molar-refractivity contribution is 5.93. The van der Waals surface area contributed by atoms with E-state index in [1.165, 1.54) is 12.1 Å². The molecule has 0 atom stereocenters. The Kier molecular flexibility index (Phi) is 4.56. The second-order valence-electron chi connectivity index (χ2n) is 5.64. The number of nitro groups is 1. The molecule has 1 amide bonds. The number of benzene rings is 2. The lowest BCUT2D eigenvalue weighted by molar-refractivity contribution is -0.384. The van der Waals surface area contributed by atoms with E-state index >= 15 is 0 Å². The molecule has 3 rings (SSSR count). The third-order valence-corrected chi connectivity index (χ3v) is 3.74. The number of aromatic nitrogens is 2. The molecule has 0 spiro atoms. The molecule has 2 aromatic carbocycles. The highest BCUT2D eigenvalue weighted by Gasteiger charge is 2.12. The van der Waals surface area contributed by atoms with E-state index in [0.29, 0.717) is 17.0 Å². The molecule has 0 fully saturated rings. The molecular weight excluding hydrogens is 320 g/mol. The fourth-order valence-electron chi connectivity index (χ4n) is 2.37. The molecule has 0 aliphatic carbocycles. The maximum atomic E-state index is 12.2. The molecule has 1 aromatic heterocycles. The predicted octanol–water partition coefficient (Wildman–Crippen LogP) is 3.22. The van der Waals surface area contributed by atoms with E-state index in [0.717, 1.165) is 11.1 Å². The minimum Gasteiger partial charge on any atom is -0.347 e. The van der Waals surface area contributed by atoms with Gasteiger partial charge in [-0.15, -0.1) is 0 Å². The molecule has 126 valence electrons. The number of rotatable bonds is 5. The summed E-state index contributed by atoms with van der Waals surface area (Å²) in [6, 6.07) is 15.7. The lowest BCUT2D eigenvalue weighted by Crippen LogP contribution is -2.23. The van der Waals surface area contributed by atoms with Crippen molar-refractivity contribution in [3.8, 4) is 11.3 Å². The van der Waals surface area contributed by atoms with Gasteiger partial charge in [0.1, 0.15) is 5.69 Å². The van der Waals surface area contributed by atoms with Crippen LogP contribution in [0.4, 0.5) is 5.69 Å². The van der Waals surface area contributed by atoms with Crippen molar-refractivity contribution < 1.29 is 9.72 Å². The molecule has 7 heteroatoms. The average Bonchev–Trinajstić information content (AvgIpc) is 3.10. The van der Waals surface area contributed by atoms with Gasteiger partial charge >= 0.3 is 0 Å². The van der Waals surface area contributed by atoms with Gasteiger partial charge in [-0.2, -0.15) is 5.10 Å². The Bertz CT molecular complexity index is 916. The summed E-state index contributed by atoms with van der Waals surface area (Å²) in [6.07, 6.45) is 0. The van der Waals surface area contributed by atoms with Gasteiger partial charge in [-0.05, 0) is 18.6 Å². The van der Waals surface area contributed by atoms with E-state index in [1.54, 1.807) is 18.2 Å². The maximum absolute atomic E-state index is 12.2. The van der Waals surface area contributed by atoms with Crippen LogP contribution in [-0.2, 0) is 6.54 Å². The zero-order valence-electron chi connectivity index (χ0n) is 13.5. The van der Waals surface area contributed by atoms with E-state index in [9.17, 15) is 14.9 Å². The number of nitro benzene ring substituents is 1. The van der Waals surface area contributed by atoms with Gasteiger partial charge in [-0.1, -0.05) is 42.0 Å². The number of nitrogens with one attached hydrogen (secondary N) is 2. The summed E-state index contributed by atoms with van der Waals surface area (Å²) in [7, 11) is 0. The third-order valence-electron chi connectivity index (χ3n) is 3.74. The Morgan fingerprint density at radius 3 is 2.68 bits per heavy atom. The van der Waals surface area contributed by atoms with Gasteiger partial charge in [0.05, 0.1) is 10.6 Å². The molecule has 0 saturated carbocycles. The fourth-order valence-corrected chi connectivity index (χ4v) is 2.37. The maximum Gasteiger partial charge on any atom is 0.269 e.